The second-order valence-corrected chi connectivity index (χ2v) is 5.22. The molecule has 0 aliphatic carbocycles. The molecule has 0 aliphatic rings. The topological polar surface area (TPSA) is 80.0 Å². The van der Waals surface area contributed by atoms with Crippen molar-refractivity contribution in [3.63, 3.8) is 0 Å². The Morgan fingerprint density at radius 1 is 1.42 bits per heavy atom. The molecule has 1 amide bonds. The molecular formula is C13H16N4O2. The second-order valence-electron chi connectivity index (χ2n) is 5.22. The number of aromatic nitrogens is 3. The van der Waals surface area contributed by atoms with E-state index in [0.29, 0.717) is 11.5 Å². The molecule has 0 saturated carbocycles. The van der Waals surface area contributed by atoms with Crippen LogP contribution < -0.4 is 5.32 Å². The predicted molar refractivity (Wildman–Crippen MR) is 71.7 cm³/mol. The summed E-state index contributed by atoms with van der Waals surface area (Å²) < 4.78 is 1.54. The SMILES string of the molecule is CC(C)(C)c1cc(NC(=O)O)n(-c2cccnc2)n1. The lowest BCUT2D eigenvalue weighted by Crippen LogP contribution is -2.13. The molecule has 2 N–H and O–H groups in total. The summed E-state index contributed by atoms with van der Waals surface area (Å²) in [5.41, 5.74) is 1.35. The van der Waals surface area contributed by atoms with Crippen LogP contribution in [-0.4, -0.2) is 26.0 Å². The van der Waals surface area contributed by atoms with Gasteiger partial charge in [-0.25, -0.2) is 9.48 Å². The number of carboxylic acid groups (broad SMARTS) is 1. The van der Waals surface area contributed by atoms with Gasteiger partial charge in [-0.2, -0.15) is 5.10 Å². The third-order valence-corrected chi connectivity index (χ3v) is 2.60. The van der Waals surface area contributed by atoms with Crippen LogP contribution in [0.1, 0.15) is 26.5 Å². The van der Waals surface area contributed by atoms with E-state index in [-0.39, 0.29) is 5.41 Å². The molecule has 2 heterocycles. The average molecular weight is 260 g/mol. The maximum Gasteiger partial charge on any atom is 0.410 e. The highest BCUT2D eigenvalue weighted by atomic mass is 16.4. The van der Waals surface area contributed by atoms with Crippen LogP contribution in [0.2, 0.25) is 0 Å². The van der Waals surface area contributed by atoms with Crippen molar-refractivity contribution < 1.29 is 9.90 Å². The number of amides is 1. The number of nitrogens with one attached hydrogen (secondary N) is 1. The Kier molecular flexibility index (Phi) is 3.25. The van der Waals surface area contributed by atoms with Gasteiger partial charge in [-0.15, -0.1) is 0 Å². The number of nitrogens with zero attached hydrogens (tertiary/aromatic N) is 3. The van der Waals surface area contributed by atoms with Gasteiger partial charge in [0.05, 0.1) is 17.6 Å². The minimum absolute atomic E-state index is 0.164. The zero-order valence-electron chi connectivity index (χ0n) is 11.1. The zero-order chi connectivity index (χ0) is 14.0. The fraction of sp³-hybridized carbons (Fsp3) is 0.308. The lowest BCUT2D eigenvalue weighted by Gasteiger charge is -2.14. The van der Waals surface area contributed by atoms with Crippen molar-refractivity contribution >= 4 is 11.9 Å². The van der Waals surface area contributed by atoms with E-state index in [2.05, 4.69) is 15.4 Å². The third kappa shape index (κ3) is 2.90. The van der Waals surface area contributed by atoms with E-state index in [0.717, 1.165) is 5.69 Å². The second kappa shape index (κ2) is 4.72. The number of pyridine rings is 1. The summed E-state index contributed by atoms with van der Waals surface area (Å²) in [7, 11) is 0. The quantitative estimate of drug-likeness (QED) is 0.869. The first-order valence-electron chi connectivity index (χ1n) is 5.89. The Balaban J connectivity index is 2.52. The standard InChI is InChI=1S/C13H16N4O2/c1-13(2,3)10-7-11(15-12(18)19)17(16-10)9-5-4-6-14-8-9/h4-8,15H,1-3H3,(H,18,19). The molecule has 0 atom stereocenters. The molecule has 0 spiro atoms. The van der Waals surface area contributed by atoms with Gasteiger partial charge >= 0.3 is 6.09 Å². The van der Waals surface area contributed by atoms with E-state index in [1.54, 1.807) is 29.2 Å². The number of anilines is 1. The van der Waals surface area contributed by atoms with E-state index >= 15 is 0 Å². The molecule has 19 heavy (non-hydrogen) atoms. The summed E-state index contributed by atoms with van der Waals surface area (Å²) in [6, 6.07) is 5.33. The first kappa shape index (κ1) is 13.1. The van der Waals surface area contributed by atoms with Gasteiger partial charge in [0.1, 0.15) is 5.82 Å². The molecular weight excluding hydrogens is 244 g/mol. The Hall–Kier alpha value is -2.37. The first-order valence-corrected chi connectivity index (χ1v) is 5.89. The van der Waals surface area contributed by atoms with Gasteiger partial charge in [0.15, 0.2) is 0 Å². The largest absolute Gasteiger partial charge is 0.465 e. The van der Waals surface area contributed by atoms with E-state index in [4.69, 9.17) is 5.11 Å². The first-order chi connectivity index (χ1) is 8.88. The zero-order valence-corrected chi connectivity index (χ0v) is 11.1. The van der Waals surface area contributed by atoms with Crippen molar-refractivity contribution in [2.75, 3.05) is 5.32 Å². The van der Waals surface area contributed by atoms with Gasteiger partial charge < -0.3 is 5.11 Å². The van der Waals surface area contributed by atoms with Gasteiger partial charge in [0, 0.05) is 17.7 Å². The summed E-state index contributed by atoms with van der Waals surface area (Å²) in [4.78, 5) is 14.9. The monoisotopic (exact) mass is 260 g/mol. The van der Waals surface area contributed by atoms with Gasteiger partial charge in [0.2, 0.25) is 0 Å². The van der Waals surface area contributed by atoms with E-state index in [1.807, 2.05) is 26.8 Å². The van der Waals surface area contributed by atoms with Crippen molar-refractivity contribution in [2.24, 2.45) is 0 Å². The molecule has 2 aromatic heterocycles. The van der Waals surface area contributed by atoms with Gasteiger partial charge in [-0.3, -0.25) is 10.3 Å². The Bertz CT molecular complexity index is 584. The molecule has 0 unspecified atom stereocenters. The van der Waals surface area contributed by atoms with Crippen molar-refractivity contribution in [1.82, 2.24) is 14.8 Å². The fourth-order valence-corrected chi connectivity index (χ4v) is 1.62. The molecule has 0 bridgehead atoms. The van der Waals surface area contributed by atoms with Crippen LogP contribution in [0.15, 0.2) is 30.6 Å². The Morgan fingerprint density at radius 2 is 2.16 bits per heavy atom. The predicted octanol–water partition coefficient (Wildman–Crippen LogP) is 2.65. The minimum atomic E-state index is -1.12. The lowest BCUT2D eigenvalue weighted by atomic mass is 9.92. The van der Waals surface area contributed by atoms with Gasteiger partial charge in [-0.05, 0) is 12.1 Å². The van der Waals surface area contributed by atoms with Crippen molar-refractivity contribution in [3.05, 3.63) is 36.3 Å². The maximum absolute atomic E-state index is 10.8. The van der Waals surface area contributed by atoms with E-state index in [9.17, 15) is 4.79 Å². The van der Waals surface area contributed by atoms with E-state index in [1.165, 1.54) is 0 Å². The van der Waals surface area contributed by atoms with Gasteiger partial charge in [-0.1, -0.05) is 20.8 Å². The molecule has 0 aliphatic heterocycles. The van der Waals surface area contributed by atoms with E-state index < -0.39 is 6.09 Å². The summed E-state index contributed by atoms with van der Waals surface area (Å²) in [6.07, 6.45) is 2.17. The summed E-state index contributed by atoms with van der Waals surface area (Å²) in [5, 5.41) is 15.7. The van der Waals surface area contributed by atoms with Crippen molar-refractivity contribution in [3.8, 4) is 5.69 Å². The van der Waals surface area contributed by atoms with Crippen LogP contribution in [0.5, 0.6) is 0 Å². The molecule has 0 aromatic carbocycles. The molecule has 6 nitrogen and oxygen atoms in total. The highest BCUT2D eigenvalue weighted by Gasteiger charge is 2.21. The highest BCUT2D eigenvalue weighted by Crippen LogP contribution is 2.25. The molecule has 2 rings (SSSR count). The fourth-order valence-electron chi connectivity index (χ4n) is 1.62. The maximum atomic E-state index is 10.8. The molecule has 0 radical (unpaired) electrons. The summed E-state index contributed by atoms with van der Waals surface area (Å²) in [6.45, 7) is 6.06. The van der Waals surface area contributed by atoms with Crippen LogP contribution in [0.3, 0.4) is 0 Å². The smallest absolute Gasteiger partial charge is 0.410 e. The third-order valence-electron chi connectivity index (χ3n) is 2.60. The van der Waals surface area contributed by atoms with Crippen LogP contribution in [-0.2, 0) is 5.41 Å². The lowest BCUT2D eigenvalue weighted by molar-refractivity contribution is 0.209. The number of hydrogen-bond acceptors (Lipinski definition) is 3. The van der Waals surface area contributed by atoms with Crippen LogP contribution in [0.25, 0.3) is 5.69 Å². The molecule has 100 valence electrons. The molecule has 0 fully saturated rings. The molecule has 2 aromatic rings. The van der Waals surface area contributed by atoms with Crippen molar-refractivity contribution in [1.29, 1.82) is 0 Å². The summed E-state index contributed by atoms with van der Waals surface area (Å²) in [5.74, 6) is 0.408. The Labute approximate surface area is 111 Å². The average Bonchev–Trinajstić information content (AvgIpc) is 2.73. The molecule has 6 heteroatoms. The minimum Gasteiger partial charge on any atom is -0.465 e. The Morgan fingerprint density at radius 3 is 2.68 bits per heavy atom. The van der Waals surface area contributed by atoms with Gasteiger partial charge in [0.25, 0.3) is 0 Å². The highest BCUT2D eigenvalue weighted by molar-refractivity contribution is 5.82. The normalized spacial score (nSPS) is 11.3. The number of rotatable bonds is 2. The van der Waals surface area contributed by atoms with Crippen LogP contribution >= 0.6 is 0 Å². The van der Waals surface area contributed by atoms with Crippen LogP contribution in [0, 0.1) is 0 Å². The number of carbonyl (C=O) groups is 1. The van der Waals surface area contributed by atoms with Crippen molar-refractivity contribution in [2.45, 2.75) is 26.2 Å². The van der Waals surface area contributed by atoms with Crippen LogP contribution in [0.4, 0.5) is 10.6 Å². The molecule has 0 saturated heterocycles. The number of hydrogen-bond donors (Lipinski definition) is 2. The summed E-state index contributed by atoms with van der Waals surface area (Å²) >= 11 is 0.